The van der Waals surface area contributed by atoms with E-state index in [0.29, 0.717) is 29.7 Å². The van der Waals surface area contributed by atoms with Crippen LogP contribution in [0.25, 0.3) is 11.4 Å². The highest BCUT2D eigenvalue weighted by molar-refractivity contribution is 5.55. The van der Waals surface area contributed by atoms with Gasteiger partial charge in [-0.3, -0.25) is 0 Å². The molecule has 1 fully saturated rings. The summed E-state index contributed by atoms with van der Waals surface area (Å²) in [5.41, 5.74) is 7.22. The van der Waals surface area contributed by atoms with Crippen molar-refractivity contribution in [3.05, 3.63) is 35.5 Å². The van der Waals surface area contributed by atoms with Gasteiger partial charge in [-0.15, -0.1) is 0 Å². The molecular weight excluding hydrogens is 269 g/mol. The molecule has 2 N–H and O–H groups in total. The number of halogens is 1. The molecule has 5 heteroatoms. The minimum atomic E-state index is -0.224. The molecule has 1 saturated carbocycles. The van der Waals surface area contributed by atoms with Gasteiger partial charge in [0.2, 0.25) is 11.7 Å². The third-order valence-electron chi connectivity index (χ3n) is 4.39. The Morgan fingerprint density at radius 3 is 2.90 bits per heavy atom. The van der Waals surface area contributed by atoms with Gasteiger partial charge in [0.25, 0.3) is 0 Å². The molecule has 2 aromatic rings. The molecule has 2 atom stereocenters. The number of aryl methyl sites for hydroxylation is 1. The molecule has 0 saturated heterocycles. The van der Waals surface area contributed by atoms with Crippen LogP contribution < -0.4 is 5.73 Å². The van der Waals surface area contributed by atoms with Crippen LogP contribution in [0.1, 0.15) is 43.1 Å². The maximum Gasteiger partial charge on any atom is 0.230 e. The fourth-order valence-electron chi connectivity index (χ4n) is 3.10. The predicted octanol–water partition coefficient (Wildman–Crippen LogP) is 3.42. The molecule has 21 heavy (non-hydrogen) atoms. The molecule has 112 valence electrons. The number of benzene rings is 1. The molecule has 2 unspecified atom stereocenters. The molecule has 1 aromatic heterocycles. The Labute approximate surface area is 123 Å². The van der Waals surface area contributed by atoms with E-state index in [0.717, 1.165) is 18.4 Å². The monoisotopic (exact) mass is 289 g/mol. The zero-order chi connectivity index (χ0) is 14.8. The summed E-state index contributed by atoms with van der Waals surface area (Å²) >= 11 is 0. The first kappa shape index (κ1) is 14.2. The Morgan fingerprint density at radius 1 is 1.33 bits per heavy atom. The number of nitrogens with zero attached hydrogens (tertiary/aromatic N) is 2. The first-order valence-electron chi connectivity index (χ1n) is 7.49. The van der Waals surface area contributed by atoms with Crippen LogP contribution in [-0.4, -0.2) is 16.7 Å². The van der Waals surface area contributed by atoms with Crippen LogP contribution >= 0.6 is 0 Å². The van der Waals surface area contributed by atoms with E-state index >= 15 is 0 Å². The SMILES string of the molecule is Cc1cc(-c2noc(C3CCCCC3CN)n2)ccc1F. The molecular formula is C16H20FN3O. The third-order valence-corrected chi connectivity index (χ3v) is 4.39. The highest BCUT2D eigenvalue weighted by Crippen LogP contribution is 2.37. The summed E-state index contributed by atoms with van der Waals surface area (Å²) in [5.74, 6) is 1.64. The molecule has 0 bridgehead atoms. The molecule has 0 amide bonds. The number of hydrogen-bond donors (Lipinski definition) is 1. The van der Waals surface area contributed by atoms with Gasteiger partial charge in [0.1, 0.15) is 5.82 Å². The van der Waals surface area contributed by atoms with Gasteiger partial charge in [-0.2, -0.15) is 4.98 Å². The van der Waals surface area contributed by atoms with E-state index in [1.165, 1.54) is 18.9 Å². The van der Waals surface area contributed by atoms with Gasteiger partial charge in [0.15, 0.2) is 0 Å². The van der Waals surface area contributed by atoms with Gasteiger partial charge < -0.3 is 10.3 Å². The molecule has 0 spiro atoms. The molecule has 1 heterocycles. The van der Waals surface area contributed by atoms with Gasteiger partial charge in [0.05, 0.1) is 0 Å². The second-order valence-electron chi connectivity index (χ2n) is 5.81. The van der Waals surface area contributed by atoms with Crippen LogP contribution in [0.3, 0.4) is 0 Å². The van der Waals surface area contributed by atoms with E-state index in [9.17, 15) is 4.39 Å². The first-order chi connectivity index (χ1) is 10.2. The van der Waals surface area contributed by atoms with Crippen molar-refractivity contribution >= 4 is 0 Å². The number of rotatable bonds is 3. The Balaban J connectivity index is 1.86. The average molecular weight is 289 g/mol. The summed E-state index contributed by atoms with van der Waals surface area (Å²) in [6.07, 6.45) is 4.56. The maximum atomic E-state index is 13.3. The van der Waals surface area contributed by atoms with Crippen LogP contribution in [0.15, 0.2) is 22.7 Å². The fourth-order valence-corrected chi connectivity index (χ4v) is 3.10. The number of nitrogens with two attached hydrogens (primary N) is 1. The third kappa shape index (κ3) is 2.83. The van der Waals surface area contributed by atoms with Crippen molar-refractivity contribution in [3.63, 3.8) is 0 Å². The van der Waals surface area contributed by atoms with E-state index < -0.39 is 0 Å². The van der Waals surface area contributed by atoms with Gasteiger partial charge >= 0.3 is 0 Å². The minimum Gasteiger partial charge on any atom is -0.339 e. The second kappa shape index (κ2) is 5.93. The van der Waals surface area contributed by atoms with Crippen LogP contribution in [0.4, 0.5) is 4.39 Å². The average Bonchev–Trinajstić information content (AvgIpc) is 2.99. The van der Waals surface area contributed by atoms with E-state index in [4.69, 9.17) is 10.3 Å². The summed E-state index contributed by atoms with van der Waals surface area (Å²) in [6.45, 7) is 2.38. The Morgan fingerprint density at radius 2 is 2.14 bits per heavy atom. The predicted molar refractivity (Wildman–Crippen MR) is 78.2 cm³/mol. The van der Waals surface area contributed by atoms with Crippen molar-refractivity contribution in [2.45, 2.75) is 38.5 Å². The molecule has 0 aliphatic heterocycles. The van der Waals surface area contributed by atoms with Crippen molar-refractivity contribution in [1.82, 2.24) is 10.1 Å². The zero-order valence-corrected chi connectivity index (χ0v) is 12.2. The number of hydrogen-bond acceptors (Lipinski definition) is 4. The van der Waals surface area contributed by atoms with Crippen LogP contribution in [0.2, 0.25) is 0 Å². The Bertz CT molecular complexity index is 626. The lowest BCUT2D eigenvalue weighted by Gasteiger charge is -2.27. The molecule has 4 nitrogen and oxygen atoms in total. The highest BCUT2D eigenvalue weighted by Gasteiger charge is 2.30. The van der Waals surface area contributed by atoms with Crippen molar-refractivity contribution in [3.8, 4) is 11.4 Å². The molecule has 0 radical (unpaired) electrons. The van der Waals surface area contributed by atoms with E-state index in [2.05, 4.69) is 10.1 Å². The summed E-state index contributed by atoms with van der Waals surface area (Å²) in [6, 6.07) is 4.85. The molecule has 1 aromatic carbocycles. The van der Waals surface area contributed by atoms with Gasteiger partial charge in [0, 0.05) is 11.5 Å². The lowest BCUT2D eigenvalue weighted by Crippen LogP contribution is -2.25. The standard InChI is InChI=1S/C16H20FN3O/c1-10-8-11(6-7-14(10)17)15-19-16(21-20-15)13-5-3-2-4-12(13)9-18/h6-8,12-13H,2-5,9,18H2,1H3. The minimum absolute atomic E-state index is 0.224. The lowest BCUT2D eigenvalue weighted by molar-refractivity contribution is 0.249. The molecule has 1 aliphatic carbocycles. The van der Waals surface area contributed by atoms with Gasteiger partial charge in [-0.25, -0.2) is 4.39 Å². The van der Waals surface area contributed by atoms with E-state index in [1.54, 1.807) is 19.1 Å². The molecule has 3 rings (SSSR count). The summed E-state index contributed by atoms with van der Waals surface area (Å²) in [7, 11) is 0. The van der Waals surface area contributed by atoms with Crippen LogP contribution in [-0.2, 0) is 0 Å². The van der Waals surface area contributed by atoms with Crippen molar-refractivity contribution in [2.24, 2.45) is 11.7 Å². The largest absolute Gasteiger partial charge is 0.339 e. The first-order valence-corrected chi connectivity index (χ1v) is 7.49. The smallest absolute Gasteiger partial charge is 0.230 e. The quantitative estimate of drug-likeness (QED) is 0.940. The lowest BCUT2D eigenvalue weighted by atomic mass is 9.79. The number of aromatic nitrogens is 2. The maximum absolute atomic E-state index is 13.3. The van der Waals surface area contributed by atoms with Crippen molar-refractivity contribution in [2.75, 3.05) is 6.54 Å². The summed E-state index contributed by atoms with van der Waals surface area (Å²) < 4.78 is 18.8. The topological polar surface area (TPSA) is 64.9 Å². The van der Waals surface area contributed by atoms with Crippen molar-refractivity contribution < 1.29 is 8.91 Å². The van der Waals surface area contributed by atoms with E-state index in [1.807, 2.05) is 0 Å². The van der Waals surface area contributed by atoms with Crippen LogP contribution in [0, 0.1) is 18.7 Å². The highest BCUT2D eigenvalue weighted by atomic mass is 19.1. The summed E-state index contributed by atoms with van der Waals surface area (Å²) in [5, 5.41) is 4.05. The Kier molecular flexibility index (Phi) is 4.01. The molecule has 1 aliphatic rings. The van der Waals surface area contributed by atoms with Crippen molar-refractivity contribution in [1.29, 1.82) is 0 Å². The summed E-state index contributed by atoms with van der Waals surface area (Å²) in [4.78, 5) is 4.52. The Hall–Kier alpha value is -1.75. The normalized spacial score (nSPS) is 22.4. The van der Waals surface area contributed by atoms with Gasteiger partial charge in [-0.05, 0) is 56.0 Å². The van der Waals surface area contributed by atoms with Gasteiger partial charge in [-0.1, -0.05) is 18.0 Å². The fraction of sp³-hybridized carbons (Fsp3) is 0.500. The van der Waals surface area contributed by atoms with Crippen LogP contribution in [0.5, 0.6) is 0 Å². The second-order valence-corrected chi connectivity index (χ2v) is 5.81. The van der Waals surface area contributed by atoms with E-state index in [-0.39, 0.29) is 11.7 Å². The zero-order valence-electron chi connectivity index (χ0n) is 12.2.